The van der Waals surface area contributed by atoms with Crippen LogP contribution in [-0.4, -0.2) is 45.0 Å². The number of halogens is 3. The smallest absolute Gasteiger partial charge is 0.405 e. The van der Waals surface area contributed by atoms with E-state index in [1.807, 2.05) is 0 Å². The third-order valence-electron chi connectivity index (χ3n) is 2.33. The average molecular weight is 311 g/mol. The summed E-state index contributed by atoms with van der Waals surface area (Å²) in [5.41, 5.74) is -0.0166. The molecule has 0 unspecified atom stereocenters. The Morgan fingerprint density at radius 3 is 2.10 bits per heavy atom. The van der Waals surface area contributed by atoms with Crippen LogP contribution in [0.5, 0.6) is 0 Å². The molecule has 1 rings (SSSR count). The second-order valence-corrected chi connectivity index (χ2v) is 6.15. The number of hydrogen-bond acceptors (Lipinski definition) is 4. The van der Waals surface area contributed by atoms with Gasteiger partial charge < -0.3 is 10.0 Å². The fourth-order valence-electron chi connectivity index (χ4n) is 1.52. The quantitative estimate of drug-likeness (QED) is 0.893. The van der Waals surface area contributed by atoms with Crippen molar-refractivity contribution < 1.29 is 31.5 Å². The van der Waals surface area contributed by atoms with Crippen LogP contribution in [0.15, 0.2) is 29.2 Å². The first-order valence-electron chi connectivity index (χ1n) is 5.32. The molecule has 0 spiro atoms. The van der Waals surface area contributed by atoms with E-state index in [0.717, 1.165) is 30.5 Å². The van der Waals surface area contributed by atoms with Crippen molar-refractivity contribution in [2.45, 2.75) is 11.1 Å². The van der Waals surface area contributed by atoms with Gasteiger partial charge in [0.25, 0.3) is 0 Å². The summed E-state index contributed by atoms with van der Waals surface area (Å²) >= 11 is 0. The largest absolute Gasteiger partial charge is 0.480 e. The van der Waals surface area contributed by atoms with Gasteiger partial charge >= 0.3 is 12.1 Å². The van der Waals surface area contributed by atoms with Crippen LogP contribution in [0.3, 0.4) is 0 Å². The Kier molecular flexibility index (Phi) is 4.64. The monoisotopic (exact) mass is 311 g/mol. The van der Waals surface area contributed by atoms with Gasteiger partial charge in [0.1, 0.15) is 13.1 Å². The molecule has 0 heterocycles. The zero-order valence-electron chi connectivity index (χ0n) is 10.4. The molecule has 1 aromatic rings. The maximum absolute atomic E-state index is 12.4. The molecule has 0 atom stereocenters. The summed E-state index contributed by atoms with van der Waals surface area (Å²) in [6.45, 7) is -2.27. The summed E-state index contributed by atoms with van der Waals surface area (Å²) in [7, 11) is -3.46. The van der Waals surface area contributed by atoms with Crippen molar-refractivity contribution in [2.75, 3.05) is 24.2 Å². The number of hydrogen-bond donors (Lipinski definition) is 1. The lowest BCUT2D eigenvalue weighted by atomic mass is 10.3. The highest BCUT2D eigenvalue weighted by Crippen LogP contribution is 2.23. The minimum atomic E-state index is -4.56. The molecule has 1 aromatic carbocycles. The fraction of sp³-hybridized carbons (Fsp3) is 0.364. The number of benzene rings is 1. The first-order valence-corrected chi connectivity index (χ1v) is 7.22. The second kappa shape index (κ2) is 5.70. The average Bonchev–Trinajstić information content (AvgIpc) is 2.24. The van der Waals surface area contributed by atoms with Crippen molar-refractivity contribution in [3.8, 4) is 0 Å². The van der Waals surface area contributed by atoms with Crippen LogP contribution in [0.2, 0.25) is 0 Å². The number of carbonyl (C=O) groups is 1. The third-order valence-corrected chi connectivity index (χ3v) is 3.45. The van der Waals surface area contributed by atoms with Crippen molar-refractivity contribution in [1.29, 1.82) is 0 Å². The van der Waals surface area contributed by atoms with E-state index in [1.165, 1.54) is 0 Å². The topological polar surface area (TPSA) is 74.7 Å². The molecule has 0 aliphatic carbocycles. The molecule has 0 aliphatic rings. The molecule has 112 valence electrons. The number of anilines is 1. The minimum absolute atomic E-state index is 0.0166. The summed E-state index contributed by atoms with van der Waals surface area (Å²) in [5.74, 6) is -1.42. The predicted molar refractivity (Wildman–Crippen MR) is 65.5 cm³/mol. The van der Waals surface area contributed by atoms with Crippen LogP contribution in [0.25, 0.3) is 0 Å². The van der Waals surface area contributed by atoms with Crippen molar-refractivity contribution in [2.24, 2.45) is 0 Å². The van der Waals surface area contributed by atoms with E-state index in [0.29, 0.717) is 4.90 Å². The number of sulfone groups is 1. The number of carboxylic acid groups (broad SMARTS) is 1. The van der Waals surface area contributed by atoms with Crippen molar-refractivity contribution in [3.63, 3.8) is 0 Å². The number of rotatable bonds is 5. The Hall–Kier alpha value is -1.77. The minimum Gasteiger partial charge on any atom is -0.480 e. The maximum atomic E-state index is 12.4. The van der Waals surface area contributed by atoms with Crippen molar-refractivity contribution >= 4 is 21.5 Å². The van der Waals surface area contributed by atoms with Gasteiger partial charge in [-0.25, -0.2) is 8.42 Å². The van der Waals surface area contributed by atoms with Gasteiger partial charge in [0.05, 0.1) is 4.90 Å². The Morgan fingerprint density at radius 1 is 1.25 bits per heavy atom. The zero-order chi connectivity index (χ0) is 15.6. The predicted octanol–water partition coefficient (Wildman–Crippen LogP) is 1.54. The Labute approximate surface area is 113 Å². The molecule has 0 aromatic heterocycles. The summed E-state index contributed by atoms with van der Waals surface area (Å²) < 4.78 is 59.6. The number of aliphatic carboxylic acids is 1. The molecule has 0 amide bonds. The van der Waals surface area contributed by atoms with Crippen LogP contribution >= 0.6 is 0 Å². The summed E-state index contributed by atoms with van der Waals surface area (Å²) in [4.78, 5) is 11.1. The van der Waals surface area contributed by atoms with Gasteiger partial charge in [-0.2, -0.15) is 13.2 Å². The van der Waals surface area contributed by atoms with Crippen LogP contribution in [-0.2, 0) is 14.6 Å². The molecule has 20 heavy (non-hydrogen) atoms. The molecule has 0 aliphatic heterocycles. The molecule has 1 N–H and O–H groups in total. The van der Waals surface area contributed by atoms with E-state index in [-0.39, 0.29) is 10.6 Å². The Morgan fingerprint density at radius 2 is 1.75 bits per heavy atom. The van der Waals surface area contributed by atoms with Gasteiger partial charge in [-0.15, -0.1) is 0 Å². The van der Waals surface area contributed by atoms with Gasteiger partial charge in [-0.3, -0.25) is 4.79 Å². The van der Waals surface area contributed by atoms with Crippen LogP contribution in [0.4, 0.5) is 18.9 Å². The van der Waals surface area contributed by atoms with E-state index >= 15 is 0 Å². The van der Waals surface area contributed by atoms with E-state index in [9.17, 15) is 26.4 Å². The third kappa shape index (κ3) is 5.08. The number of nitrogens with zero attached hydrogens (tertiary/aromatic N) is 1. The molecule has 5 nitrogen and oxygen atoms in total. The molecular formula is C11H12F3NO4S. The highest BCUT2D eigenvalue weighted by Gasteiger charge is 2.31. The van der Waals surface area contributed by atoms with Crippen LogP contribution in [0, 0.1) is 0 Å². The molecule has 0 bridgehead atoms. The number of alkyl halides is 3. The van der Waals surface area contributed by atoms with Crippen LogP contribution < -0.4 is 4.90 Å². The van der Waals surface area contributed by atoms with Crippen LogP contribution in [0.1, 0.15) is 0 Å². The second-order valence-electron chi connectivity index (χ2n) is 4.13. The van der Waals surface area contributed by atoms with Gasteiger partial charge in [0.15, 0.2) is 9.84 Å². The maximum Gasteiger partial charge on any atom is 0.405 e. The van der Waals surface area contributed by atoms with Gasteiger partial charge in [-0.05, 0) is 24.3 Å². The molecule has 0 fully saturated rings. The lowest BCUT2D eigenvalue weighted by molar-refractivity contribution is -0.136. The first kappa shape index (κ1) is 16.3. The standard InChI is InChI=1S/C11H12F3NO4S/c1-20(18,19)9-4-2-8(3-5-9)15(6-10(16)17)7-11(12,13)14/h2-5H,6-7H2,1H3,(H,16,17). The molecular weight excluding hydrogens is 299 g/mol. The summed E-state index contributed by atoms with van der Waals surface area (Å²) in [6.07, 6.45) is -3.60. The van der Waals surface area contributed by atoms with Gasteiger partial charge in [0, 0.05) is 11.9 Å². The van der Waals surface area contributed by atoms with Crippen molar-refractivity contribution in [1.82, 2.24) is 0 Å². The molecule has 0 radical (unpaired) electrons. The normalized spacial score (nSPS) is 12.2. The lowest BCUT2D eigenvalue weighted by Crippen LogP contribution is -2.37. The van der Waals surface area contributed by atoms with E-state index in [2.05, 4.69) is 0 Å². The van der Waals surface area contributed by atoms with Gasteiger partial charge in [-0.1, -0.05) is 0 Å². The SMILES string of the molecule is CS(=O)(=O)c1ccc(N(CC(=O)O)CC(F)(F)F)cc1. The fourth-order valence-corrected chi connectivity index (χ4v) is 2.15. The highest BCUT2D eigenvalue weighted by molar-refractivity contribution is 7.90. The van der Waals surface area contributed by atoms with E-state index in [4.69, 9.17) is 5.11 Å². The van der Waals surface area contributed by atoms with Crippen molar-refractivity contribution in [3.05, 3.63) is 24.3 Å². The van der Waals surface area contributed by atoms with E-state index in [1.54, 1.807) is 0 Å². The zero-order valence-corrected chi connectivity index (χ0v) is 11.2. The lowest BCUT2D eigenvalue weighted by Gasteiger charge is -2.24. The van der Waals surface area contributed by atoms with E-state index < -0.39 is 35.1 Å². The highest BCUT2D eigenvalue weighted by atomic mass is 32.2. The molecule has 0 saturated heterocycles. The Bertz CT molecular complexity index is 581. The Balaban J connectivity index is 3.05. The summed E-state index contributed by atoms with van der Waals surface area (Å²) in [6, 6.07) is 4.56. The summed E-state index contributed by atoms with van der Waals surface area (Å²) in [5, 5.41) is 8.62. The first-order chi connectivity index (χ1) is 8.99. The van der Waals surface area contributed by atoms with Gasteiger partial charge in [0.2, 0.25) is 0 Å². The number of carboxylic acids is 1. The molecule has 0 saturated carbocycles. The molecule has 9 heteroatoms.